The highest BCUT2D eigenvalue weighted by atomic mass is 16.5. The van der Waals surface area contributed by atoms with Crippen LogP contribution in [0.3, 0.4) is 0 Å². The SMILES string of the molecule is CC(=O)N[C@H](C)c1ccc(OCCOCCNc2cccc3c2C(=O)N(C2CCC(=O)NC2=O)C3=O)cc1. The van der Waals surface area contributed by atoms with Gasteiger partial charge in [0.05, 0.1) is 30.4 Å². The number of piperidine rings is 1. The summed E-state index contributed by atoms with van der Waals surface area (Å²) in [4.78, 5) is 61.8. The molecule has 0 aromatic heterocycles. The second-order valence-corrected chi connectivity index (χ2v) is 9.05. The number of hydrogen-bond acceptors (Lipinski definition) is 8. The van der Waals surface area contributed by atoms with Crippen LogP contribution in [0.4, 0.5) is 5.69 Å². The predicted octanol–water partition coefficient (Wildman–Crippen LogP) is 1.79. The number of anilines is 1. The lowest BCUT2D eigenvalue weighted by Gasteiger charge is -2.27. The summed E-state index contributed by atoms with van der Waals surface area (Å²) in [7, 11) is 0. The van der Waals surface area contributed by atoms with Crippen molar-refractivity contribution in [3.05, 3.63) is 59.2 Å². The van der Waals surface area contributed by atoms with Gasteiger partial charge in [-0.05, 0) is 43.2 Å². The van der Waals surface area contributed by atoms with E-state index in [2.05, 4.69) is 16.0 Å². The number of carbonyl (C=O) groups is 5. The van der Waals surface area contributed by atoms with Crippen LogP contribution in [-0.4, -0.2) is 66.8 Å². The van der Waals surface area contributed by atoms with Crippen molar-refractivity contribution < 1.29 is 33.4 Å². The van der Waals surface area contributed by atoms with Crippen molar-refractivity contribution in [2.45, 2.75) is 38.8 Å². The number of rotatable bonds is 11. The van der Waals surface area contributed by atoms with Gasteiger partial charge in [0, 0.05) is 25.6 Å². The maximum atomic E-state index is 13.1. The average Bonchev–Trinajstić information content (AvgIpc) is 3.14. The molecular formula is C27H30N4O7. The summed E-state index contributed by atoms with van der Waals surface area (Å²) < 4.78 is 11.3. The number of nitrogens with one attached hydrogen (secondary N) is 3. The van der Waals surface area contributed by atoms with Crippen molar-refractivity contribution in [2.75, 3.05) is 31.7 Å². The van der Waals surface area contributed by atoms with E-state index in [0.29, 0.717) is 37.8 Å². The van der Waals surface area contributed by atoms with Crippen molar-refractivity contribution in [1.29, 1.82) is 0 Å². The molecule has 2 heterocycles. The van der Waals surface area contributed by atoms with Gasteiger partial charge in [-0.25, -0.2) is 0 Å². The van der Waals surface area contributed by atoms with Crippen molar-refractivity contribution in [1.82, 2.24) is 15.5 Å². The highest BCUT2D eigenvalue weighted by Crippen LogP contribution is 2.32. The van der Waals surface area contributed by atoms with Crippen molar-refractivity contribution in [3.63, 3.8) is 0 Å². The van der Waals surface area contributed by atoms with Gasteiger partial charge in [-0.15, -0.1) is 0 Å². The molecule has 2 atom stereocenters. The standard InChI is InChI=1S/C27H30N4O7/c1-16(29-17(2)32)18-6-8-19(9-7-18)38-15-14-37-13-12-28-21-5-3-4-20-24(21)27(36)31(26(20)35)22-10-11-23(33)30-25(22)34/h3-9,16,22,28H,10-15H2,1-2H3,(H,29,32)(H,30,33,34)/t16-,22?/m1/s1. The molecule has 200 valence electrons. The molecule has 4 rings (SSSR count). The van der Waals surface area contributed by atoms with E-state index < -0.39 is 29.7 Å². The van der Waals surface area contributed by atoms with Gasteiger partial charge in [-0.2, -0.15) is 0 Å². The number of hydrogen-bond donors (Lipinski definition) is 3. The van der Waals surface area contributed by atoms with Crippen LogP contribution in [0.15, 0.2) is 42.5 Å². The summed E-state index contributed by atoms with van der Waals surface area (Å²) in [6, 6.07) is 11.3. The highest BCUT2D eigenvalue weighted by molar-refractivity contribution is 6.25. The molecule has 2 aromatic carbocycles. The Labute approximate surface area is 219 Å². The maximum absolute atomic E-state index is 13.1. The van der Waals surface area contributed by atoms with Crippen LogP contribution in [0.5, 0.6) is 5.75 Å². The van der Waals surface area contributed by atoms with Crippen LogP contribution in [0.25, 0.3) is 0 Å². The molecule has 0 bridgehead atoms. The minimum atomic E-state index is -1.01. The molecule has 0 spiro atoms. The Morgan fingerprint density at radius 2 is 1.82 bits per heavy atom. The summed E-state index contributed by atoms with van der Waals surface area (Å²) in [5.74, 6) is -1.56. The average molecular weight is 523 g/mol. The second-order valence-electron chi connectivity index (χ2n) is 9.05. The third-order valence-electron chi connectivity index (χ3n) is 6.33. The third-order valence-corrected chi connectivity index (χ3v) is 6.33. The van der Waals surface area contributed by atoms with Crippen molar-refractivity contribution in [3.8, 4) is 5.75 Å². The van der Waals surface area contributed by atoms with Crippen molar-refractivity contribution >= 4 is 35.2 Å². The Bertz CT molecular complexity index is 1240. The van der Waals surface area contributed by atoms with E-state index in [0.717, 1.165) is 10.5 Å². The fourth-order valence-corrected chi connectivity index (χ4v) is 4.48. The largest absolute Gasteiger partial charge is 0.491 e. The van der Waals surface area contributed by atoms with Crippen LogP contribution in [0, 0.1) is 0 Å². The highest BCUT2D eigenvalue weighted by Gasteiger charge is 2.45. The molecule has 2 aliphatic heterocycles. The van der Waals surface area contributed by atoms with Gasteiger partial charge in [0.2, 0.25) is 17.7 Å². The number of amides is 5. The van der Waals surface area contributed by atoms with E-state index in [1.165, 1.54) is 6.92 Å². The number of imide groups is 2. The quantitative estimate of drug-likeness (QED) is 0.299. The molecule has 1 fully saturated rings. The fraction of sp³-hybridized carbons (Fsp3) is 0.370. The summed E-state index contributed by atoms with van der Waals surface area (Å²) in [6.45, 7) is 4.79. The minimum Gasteiger partial charge on any atom is -0.491 e. The Morgan fingerprint density at radius 1 is 1.05 bits per heavy atom. The van der Waals surface area contributed by atoms with Crippen LogP contribution in [0.2, 0.25) is 0 Å². The number of fused-ring (bicyclic) bond motifs is 1. The lowest BCUT2D eigenvalue weighted by atomic mass is 10.0. The fourth-order valence-electron chi connectivity index (χ4n) is 4.48. The van der Waals surface area contributed by atoms with E-state index in [1.807, 2.05) is 31.2 Å². The first kappa shape index (κ1) is 26.8. The van der Waals surface area contributed by atoms with Crippen LogP contribution in [0.1, 0.15) is 59.0 Å². The molecule has 1 saturated heterocycles. The lowest BCUT2D eigenvalue weighted by molar-refractivity contribution is -0.136. The third kappa shape index (κ3) is 6.00. The number of benzene rings is 2. The summed E-state index contributed by atoms with van der Waals surface area (Å²) >= 11 is 0. The Morgan fingerprint density at radius 3 is 2.53 bits per heavy atom. The normalized spacial score (nSPS) is 17.6. The lowest BCUT2D eigenvalue weighted by Crippen LogP contribution is -2.54. The van der Waals surface area contributed by atoms with E-state index in [9.17, 15) is 24.0 Å². The van der Waals surface area contributed by atoms with Gasteiger partial charge in [0.1, 0.15) is 18.4 Å². The van der Waals surface area contributed by atoms with Crippen molar-refractivity contribution in [2.24, 2.45) is 0 Å². The zero-order valence-corrected chi connectivity index (χ0v) is 21.2. The molecule has 11 heteroatoms. The molecule has 0 radical (unpaired) electrons. The van der Waals surface area contributed by atoms with Gasteiger partial charge in [-0.3, -0.25) is 34.2 Å². The Balaban J connectivity index is 1.22. The van der Waals surface area contributed by atoms with E-state index in [1.54, 1.807) is 18.2 Å². The van der Waals surface area contributed by atoms with Gasteiger partial charge >= 0.3 is 0 Å². The summed E-state index contributed by atoms with van der Waals surface area (Å²) in [5, 5.41) is 8.15. The second kappa shape index (κ2) is 11.9. The number of ether oxygens (including phenoxy) is 2. The van der Waals surface area contributed by atoms with Crippen LogP contribution in [-0.2, 0) is 19.1 Å². The molecule has 1 unspecified atom stereocenters. The maximum Gasteiger partial charge on any atom is 0.264 e. The Kier molecular flexibility index (Phi) is 8.37. The summed E-state index contributed by atoms with van der Waals surface area (Å²) in [6.07, 6.45) is 0.175. The first-order valence-electron chi connectivity index (χ1n) is 12.4. The topological polar surface area (TPSA) is 143 Å². The first-order chi connectivity index (χ1) is 18.3. The van der Waals surface area contributed by atoms with Gasteiger partial charge in [-0.1, -0.05) is 18.2 Å². The molecule has 3 N–H and O–H groups in total. The Hall–Kier alpha value is -4.25. The molecule has 5 amide bonds. The molecular weight excluding hydrogens is 492 g/mol. The van der Waals surface area contributed by atoms with Gasteiger partial charge in [0.25, 0.3) is 11.8 Å². The molecule has 38 heavy (non-hydrogen) atoms. The molecule has 2 aliphatic rings. The molecule has 0 saturated carbocycles. The zero-order valence-electron chi connectivity index (χ0n) is 21.2. The zero-order chi connectivity index (χ0) is 27.2. The van der Waals surface area contributed by atoms with E-state index in [4.69, 9.17) is 9.47 Å². The molecule has 2 aromatic rings. The summed E-state index contributed by atoms with van der Waals surface area (Å²) in [5.41, 5.74) is 1.88. The number of carbonyl (C=O) groups excluding carboxylic acids is 5. The predicted molar refractivity (Wildman–Crippen MR) is 137 cm³/mol. The van der Waals surface area contributed by atoms with Gasteiger partial charge in [0.15, 0.2) is 0 Å². The number of nitrogens with zero attached hydrogens (tertiary/aromatic N) is 1. The first-order valence-corrected chi connectivity index (χ1v) is 12.4. The van der Waals surface area contributed by atoms with Crippen LogP contribution >= 0.6 is 0 Å². The van der Waals surface area contributed by atoms with E-state index >= 15 is 0 Å². The van der Waals surface area contributed by atoms with Gasteiger partial charge < -0.3 is 20.1 Å². The molecule has 0 aliphatic carbocycles. The van der Waals surface area contributed by atoms with E-state index in [-0.39, 0.29) is 35.9 Å². The minimum absolute atomic E-state index is 0.0685. The molecule has 11 nitrogen and oxygen atoms in total. The monoisotopic (exact) mass is 522 g/mol. The van der Waals surface area contributed by atoms with Crippen LogP contribution < -0.4 is 20.7 Å². The smallest absolute Gasteiger partial charge is 0.264 e.